The van der Waals surface area contributed by atoms with Gasteiger partial charge in [0.25, 0.3) is 21.6 Å². The molecule has 32 heavy (non-hydrogen) atoms. The van der Waals surface area contributed by atoms with Gasteiger partial charge in [0.05, 0.1) is 41.6 Å². The van der Waals surface area contributed by atoms with Crippen molar-refractivity contribution < 1.29 is 27.6 Å². The van der Waals surface area contributed by atoms with Crippen molar-refractivity contribution in [1.29, 1.82) is 0 Å². The van der Waals surface area contributed by atoms with Crippen LogP contribution in [0.15, 0.2) is 65.7 Å². The minimum atomic E-state index is -4.11. The largest absolute Gasteiger partial charge is 0.495 e. The van der Waals surface area contributed by atoms with Crippen LogP contribution < -0.4 is 19.5 Å². The van der Waals surface area contributed by atoms with Crippen LogP contribution in [0.4, 0.5) is 17.1 Å². The van der Waals surface area contributed by atoms with Crippen molar-refractivity contribution in [2.75, 3.05) is 24.3 Å². The Labute approximate surface area is 183 Å². The predicted octanol–water partition coefficient (Wildman–Crippen LogP) is 3.06. The Hall–Kier alpha value is -4.19. The van der Waals surface area contributed by atoms with Gasteiger partial charge in [-0.3, -0.25) is 19.6 Å². The molecule has 12 heteroatoms. The van der Waals surface area contributed by atoms with Crippen LogP contribution in [-0.2, 0) is 10.0 Å². The lowest BCUT2D eigenvalue weighted by atomic mass is 10.2. The molecule has 11 nitrogen and oxygen atoms in total. The van der Waals surface area contributed by atoms with E-state index in [-0.39, 0.29) is 27.6 Å². The first kappa shape index (κ1) is 22.5. The number of rotatable bonds is 8. The summed E-state index contributed by atoms with van der Waals surface area (Å²) >= 11 is 0. The fourth-order valence-electron chi connectivity index (χ4n) is 2.66. The highest BCUT2D eigenvalue weighted by atomic mass is 32.2. The number of sulfonamides is 1. The number of ether oxygens (including phenoxy) is 2. The molecule has 2 N–H and O–H groups in total. The fraction of sp³-hybridized carbons (Fsp3) is 0.100. The molecule has 3 rings (SSSR count). The summed E-state index contributed by atoms with van der Waals surface area (Å²) in [6.45, 7) is 0. The molecule has 0 saturated carbocycles. The van der Waals surface area contributed by atoms with Gasteiger partial charge in [0.2, 0.25) is 5.88 Å². The third-order valence-electron chi connectivity index (χ3n) is 4.27. The SMILES string of the molecule is COc1ccc(NC(=O)c2ccc(S(=O)(=O)Nc3cc([N+](=O)[O-])ccc3OC)cc2)cn1. The third-order valence-corrected chi connectivity index (χ3v) is 5.65. The highest BCUT2D eigenvalue weighted by Crippen LogP contribution is 2.31. The summed E-state index contributed by atoms with van der Waals surface area (Å²) in [6, 6.07) is 11.9. The molecule has 166 valence electrons. The molecule has 0 aliphatic heterocycles. The van der Waals surface area contributed by atoms with Crippen LogP contribution in [0.2, 0.25) is 0 Å². The van der Waals surface area contributed by atoms with Crippen molar-refractivity contribution in [3.8, 4) is 11.6 Å². The normalized spacial score (nSPS) is 10.8. The molecule has 0 bridgehead atoms. The van der Waals surface area contributed by atoms with E-state index < -0.39 is 20.9 Å². The Morgan fingerprint density at radius 2 is 1.75 bits per heavy atom. The number of anilines is 2. The second kappa shape index (κ2) is 9.31. The minimum absolute atomic E-state index is 0.0875. The van der Waals surface area contributed by atoms with Crippen LogP contribution in [0.3, 0.4) is 0 Å². The molecule has 0 saturated heterocycles. The standard InChI is InChI=1S/C20H18N4O7S/c1-30-18-9-6-15(24(26)27)11-17(18)23-32(28,29)16-7-3-13(4-8-16)20(25)22-14-5-10-19(31-2)21-12-14/h3-12,23H,1-2H3,(H,22,25). The lowest BCUT2D eigenvalue weighted by Crippen LogP contribution is -2.15. The maximum absolute atomic E-state index is 12.7. The van der Waals surface area contributed by atoms with Gasteiger partial charge >= 0.3 is 0 Å². The van der Waals surface area contributed by atoms with Gasteiger partial charge < -0.3 is 14.8 Å². The lowest BCUT2D eigenvalue weighted by Gasteiger charge is -2.12. The van der Waals surface area contributed by atoms with E-state index in [2.05, 4.69) is 15.0 Å². The predicted molar refractivity (Wildman–Crippen MR) is 116 cm³/mol. The van der Waals surface area contributed by atoms with Crippen molar-refractivity contribution in [1.82, 2.24) is 4.98 Å². The van der Waals surface area contributed by atoms with Gasteiger partial charge in [-0.2, -0.15) is 0 Å². The van der Waals surface area contributed by atoms with Crippen LogP contribution in [-0.4, -0.2) is 38.5 Å². The first-order chi connectivity index (χ1) is 15.2. The van der Waals surface area contributed by atoms with Gasteiger partial charge in [0.15, 0.2) is 0 Å². The average molecular weight is 458 g/mol. The van der Waals surface area contributed by atoms with Gasteiger partial charge in [-0.25, -0.2) is 13.4 Å². The number of methoxy groups -OCH3 is 2. The zero-order valence-electron chi connectivity index (χ0n) is 16.9. The van der Waals surface area contributed by atoms with E-state index in [0.717, 1.165) is 6.07 Å². The number of carbonyl (C=O) groups excluding carboxylic acids is 1. The van der Waals surface area contributed by atoms with E-state index in [1.807, 2.05) is 0 Å². The monoisotopic (exact) mass is 458 g/mol. The number of nitrogens with zero attached hydrogens (tertiary/aromatic N) is 2. The second-order valence-corrected chi connectivity index (χ2v) is 8.00. The van der Waals surface area contributed by atoms with Crippen molar-refractivity contribution in [2.24, 2.45) is 0 Å². The number of nitrogens with one attached hydrogen (secondary N) is 2. The van der Waals surface area contributed by atoms with E-state index >= 15 is 0 Å². The zero-order valence-corrected chi connectivity index (χ0v) is 17.8. The maximum Gasteiger partial charge on any atom is 0.271 e. The summed E-state index contributed by atoms with van der Waals surface area (Å²) in [5, 5.41) is 13.6. The van der Waals surface area contributed by atoms with Crippen molar-refractivity contribution in [3.63, 3.8) is 0 Å². The number of benzene rings is 2. The molecule has 0 atom stereocenters. The summed E-state index contributed by atoms with van der Waals surface area (Å²) in [7, 11) is -1.32. The number of aromatic nitrogens is 1. The van der Waals surface area contributed by atoms with Crippen LogP contribution in [0.25, 0.3) is 0 Å². The summed E-state index contributed by atoms with van der Waals surface area (Å²) < 4.78 is 37.7. The molecular weight excluding hydrogens is 440 g/mol. The number of nitro benzene ring substituents is 1. The van der Waals surface area contributed by atoms with Crippen LogP contribution in [0, 0.1) is 10.1 Å². The summed E-state index contributed by atoms with van der Waals surface area (Å²) in [5.41, 5.74) is 0.263. The second-order valence-electron chi connectivity index (χ2n) is 6.31. The van der Waals surface area contributed by atoms with E-state index in [1.165, 1.54) is 56.8 Å². The van der Waals surface area contributed by atoms with E-state index in [4.69, 9.17) is 9.47 Å². The summed E-state index contributed by atoms with van der Waals surface area (Å²) in [4.78, 5) is 26.6. The van der Waals surface area contributed by atoms with E-state index in [0.29, 0.717) is 11.6 Å². The summed E-state index contributed by atoms with van der Waals surface area (Å²) in [5.74, 6) is 0.0444. The molecular formula is C20H18N4O7S. The number of hydrogen-bond acceptors (Lipinski definition) is 8. The maximum atomic E-state index is 12.7. The Bertz CT molecular complexity index is 1240. The fourth-order valence-corrected chi connectivity index (χ4v) is 3.72. The quantitative estimate of drug-likeness (QED) is 0.386. The number of non-ortho nitro benzene ring substituents is 1. The molecule has 0 fully saturated rings. The highest BCUT2D eigenvalue weighted by Gasteiger charge is 2.20. The molecule has 0 aliphatic carbocycles. The lowest BCUT2D eigenvalue weighted by molar-refractivity contribution is -0.384. The molecule has 1 aromatic heterocycles. The van der Waals surface area contributed by atoms with Crippen LogP contribution >= 0.6 is 0 Å². The third kappa shape index (κ3) is 5.10. The van der Waals surface area contributed by atoms with Crippen molar-refractivity contribution in [2.45, 2.75) is 4.90 Å². The average Bonchev–Trinajstić information content (AvgIpc) is 2.79. The zero-order chi connectivity index (χ0) is 23.3. The number of hydrogen-bond donors (Lipinski definition) is 2. The van der Waals surface area contributed by atoms with Crippen molar-refractivity contribution >= 4 is 33.0 Å². The Morgan fingerprint density at radius 3 is 2.31 bits per heavy atom. The molecule has 0 radical (unpaired) electrons. The topological polar surface area (TPSA) is 150 Å². The first-order valence-electron chi connectivity index (χ1n) is 9.00. The number of pyridine rings is 1. The molecule has 1 amide bonds. The Morgan fingerprint density at radius 1 is 1.03 bits per heavy atom. The number of carbonyl (C=O) groups is 1. The molecule has 0 spiro atoms. The van der Waals surface area contributed by atoms with Crippen molar-refractivity contribution in [3.05, 3.63) is 76.5 Å². The van der Waals surface area contributed by atoms with Crippen LogP contribution in [0.5, 0.6) is 11.6 Å². The molecule has 0 unspecified atom stereocenters. The van der Waals surface area contributed by atoms with E-state index in [1.54, 1.807) is 12.1 Å². The number of nitro groups is 1. The van der Waals surface area contributed by atoms with E-state index in [9.17, 15) is 23.3 Å². The van der Waals surface area contributed by atoms with Gasteiger partial charge in [0, 0.05) is 23.8 Å². The van der Waals surface area contributed by atoms with Gasteiger partial charge in [-0.15, -0.1) is 0 Å². The van der Waals surface area contributed by atoms with Crippen LogP contribution in [0.1, 0.15) is 10.4 Å². The molecule has 1 heterocycles. The van der Waals surface area contributed by atoms with Gasteiger partial charge in [-0.05, 0) is 36.4 Å². The first-order valence-corrected chi connectivity index (χ1v) is 10.5. The Balaban J connectivity index is 1.78. The number of amides is 1. The van der Waals surface area contributed by atoms with Gasteiger partial charge in [-0.1, -0.05) is 0 Å². The highest BCUT2D eigenvalue weighted by molar-refractivity contribution is 7.92. The molecule has 2 aromatic carbocycles. The van der Waals surface area contributed by atoms with Gasteiger partial charge in [0.1, 0.15) is 5.75 Å². The smallest absolute Gasteiger partial charge is 0.271 e. The molecule has 0 aliphatic rings. The Kier molecular flexibility index (Phi) is 6.54. The molecule has 3 aromatic rings. The minimum Gasteiger partial charge on any atom is -0.495 e. The summed E-state index contributed by atoms with van der Waals surface area (Å²) in [6.07, 6.45) is 1.42.